The fourth-order valence-electron chi connectivity index (χ4n) is 3.65. The second-order valence-electron chi connectivity index (χ2n) is 7.67. The van der Waals surface area contributed by atoms with E-state index >= 15 is 0 Å². The Balaban J connectivity index is 1.63. The number of rotatable bonds is 5. The number of hydrogen-bond donors (Lipinski definition) is 2. The molecule has 1 amide bonds. The summed E-state index contributed by atoms with van der Waals surface area (Å²) in [5.41, 5.74) is 5.35. The fourth-order valence-corrected chi connectivity index (χ4v) is 3.87. The fraction of sp³-hybridized carbons (Fsp3) is 0.160. The number of methoxy groups -OCH3 is 1. The molecule has 9 heteroatoms. The zero-order valence-electron chi connectivity index (χ0n) is 18.3. The number of hydrogen-bond acceptors (Lipinski definition) is 4. The van der Waals surface area contributed by atoms with Gasteiger partial charge in [-0.1, -0.05) is 48.0 Å². The molecule has 3 aromatic carbocycles. The van der Waals surface area contributed by atoms with Crippen LogP contribution in [0, 0.1) is 6.92 Å². The first-order valence-corrected chi connectivity index (χ1v) is 10.7. The van der Waals surface area contributed by atoms with E-state index in [1.165, 1.54) is 12.1 Å². The molecular formula is C25H21ClF3N3O2. The van der Waals surface area contributed by atoms with Crippen molar-refractivity contribution in [3.05, 3.63) is 94.5 Å². The molecule has 0 bridgehead atoms. The molecule has 2 N–H and O–H groups in total. The number of ether oxygens (including phenoxy) is 1. The first-order valence-electron chi connectivity index (χ1n) is 10.3. The van der Waals surface area contributed by atoms with Crippen LogP contribution in [0.15, 0.2) is 72.8 Å². The maximum Gasteiger partial charge on any atom is 0.409 e. The molecule has 3 aromatic rings. The molecule has 34 heavy (non-hydrogen) atoms. The van der Waals surface area contributed by atoms with Gasteiger partial charge in [0, 0.05) is 5.56 Å². The van der Waals surface area contributed by atoms with Crippen molar-refractivity contribution < 1.29 is 22.7 Å². The number of carbonyl (C=O) groups excluding carboxylic acids is 1. The molecule has 1 atom stereocenters. The van der Waals surface area contributed by atoms with Gasteiger partial charge < -0.3 is 10.1 Å². The Morgan fingerprint density at radius 1 is 1.06 bits per heavy atom. The van der Waals surface area contributed by atoms with E-state index < -0.39 is 12.2 Å². The molecule has 0 aliphatic carbocycles. The quantitative estimate of drug-likeness (QED) is 0.449. The number of anilines is 2. The number of nitrogens with zero attached hydrogens (tertiary/aromatic N) is 1. The summed E-state index contributed by atoms with van der Waals surface area (Å²) in [6.07, 6.45) is -3.40. The maximum absolute atomic E-state index is 13.5. The lowest BCUT2D eigenvalue weighted by Gasteiger charge is -2.26. The third-order valence-electron chi connectivity index (χ3n) is 5.42. The first kappa shape index (κ1) is 23.7. The Morgan fingerprint density at radius 2 is 1.76 bits per heavy atom. The minimum absolute atomic E-state index is 0.281. The molecule has 1 heterocycles. The smallest absolute Gasteiger partial charge is 0.409 e. The second kappa shape index (κ2) is 9.40. The minimum Gasteiger partial charge on any atom is -0.495 e. The lowest BCUT2D eigenvalue weighted by molar-refractivity contribution is -0.142. The van der Waals surface area contributed by atoms with Crippen molar-refractivity contribution in [3.63, 3.8) is 0 Å². The third kappa shape index (κ3) is 4.73. The minimum atomic E-state index is -4.49. The highest BCUT2D eigenvalue weighted by atomic mass is 35.5. The van der Waals surface area contributed by atoms with E-state index in [4.69, 9.17) is 16.3 Å². The van der Waals surface area contributed by atoms with Gasteiger partial charge in [0.15, 0.2) is 0 Å². The molecule has 0 saturated heterocycles. The van der Waals surface area contributed by atoms with Crippen LogP contribution < -0.4 is 20.5 Å². The number of nitrogens with one attached hydrogen (secondary N) is 2. The van der Waals surface area contributed by atoms with Gasteiger partial charge in [-0.3, -0.25) is 9.80 Å². The standard InChI is InChI=1S/C25H21ClF3N3O2/c1-15-6-5-9-21(34-2)23(15)30-24(33)17-12-10-16(11-13-17)20-14-22(25(27,28)29)31-32(20)19-8-4-3-7-18(19)26/h3-14,22,31H,1-2H3,(H,30,33). The Hall–Kier alpha value is -3.49. The Morgan fingerprint density at radius 3 is 2.41 bits per heavy atom. The van der Waals surface area contributed by atoms with Crippen LogP contribution in [0.1, 0.15) is 21.5 Å². The number of para-hydroxylation sites is 2. The van der Waals surface area contributed by atoms with Gasteiger partial charge in [-0.2, -0.15) is 13.2 Å². The van der Waals surface area contributed by atoms with E-state index in [0.29, 0.717) is 33.3 Å². The molecular weight excluding hydrogens is 467 g/mol. The van der Waals surface area contributed by atoms with Crippen LogP contribution >= 0.6 is 11.6 Å². The zero-order valence-corrected chi connectivity index (χ0v) is 19.0. The molecule has 4 rings (SSSR count). The average Bonchev–Trinajstić information content (AvgIpc) is 3.26. The van der Waals surface area contributed by atoms with Crippen LogP contribution in [-0.2, 0) is 0 Å². The summed E-state index contributed by atoms with van der Waals surface area (Å²) in [4.78, 5) is 12.8. The third-order valence-corrected chi connectivity index (χ3v) is 5.74. The number of aryl methyl sites for hydroxylation is 1. The van der Waals surface area contributed by atoms with E-state index in [0.717, 1.165) is 11.6 Å². The van der Waals surface area contributed by atoms with Crippen LogP contribution in [0.25, 0.3) is 5.70 Å². The van der Waals surface area contributed by atoms with E-state index in [2.05, 4.69) is 10.7 Å². The van der Waals surface area contributed by atoms with Gasteiger partial charge in [0.25, 0.3) is 5.91 Å². The highest BCUT2D eigenvalue weighted by Crippen LogP contribution is 2.37. The molecule has 0 spiro atoms. The largest absolute Gasteiger partial charge is 0.495 e. The van der Waals surface area contributed by atoms with Crippen molar-refractivity contribution in [2.24, 2.45) is 0 Å². The van der Waals surface area contributed by atoms with Gasteiger partial charge in [0.1, 0.15) is 11.8 Å². The molecule has 1 unspecified atom stereocenters. The summed E-state index contributed by atoms with van der Waals surface area (Å²) in [7, 11) is 1.52. The predicted molar refractivity (Wildman–Crippen MR) is 127 cm³/mol. The highest BCUT2D eigenvalue weighted by Gasteiger charge is 2.44. The van der Waals surface area contributed by atoms with E-state index in [1.54, 1.807) is 54.6 Å². The SMILES string of the molecule is COc1cccc(C)c1NC(=O)c1ccc(C2=CC(C(F)(F)F)NN2c2ccccc2Cl)cc1. The summed E-state index contributed by atoms with van der Waals surface area (Å²) in [6.45, 7) is 1.85. The van der Waals surface area contributed by atoms with Crippen molar-refractivity contribution in [3.8, 4) is 5.75 Å². The van der Waals surface area contributed by atoms with Crippen LogP contribution in [0.3, 0.4) is 0 Å². The molecule has 0 aromatic heterocycles. The molecule has 1 aliphatic heterocycles. The summed E-state index contributed by atoms with van der Waals surface area (Å²) >= 11 is 6.25. The normalized spacial score (nSPS) is 15.8. The van der Waals surface area contributed by atoms with Gasteiger partial charge in [-0.15, -0.1) is 0 Å². The monoisotopic (exact) mass is 487 g/mol. The summed E-state index contributed by atoms with van der Waals surface area (Å²) < 4.78 is 45.8. The lowest BCUT2D eigenvalue weighted by Crippen LogP contribution is -2.44. The molecule has 0 saturated carbocycles. The highest BCUT2D eigenvalue weighted by molar-refractivity contribution is 6.33. The van der Waals surface area contributed by atoms with Crippen LogP contribution in [-0.4, -0.2) is 25.2 Å². The first-order chi connectivity index (χ1) is 16.2. The number of benzene rings is 3. The summed E-state index contributed by atoms with van der Waals surface area (Å²) in [6, 6.07) is 16.5. The Labute approximate surface area is 199 Å². The molecule has 1 aliphatic rings. The van der Waals surface area contributed by atoms with Gasteiger partial charge in [0.2, 0.25) is 0 Å². The van der Waals surface area contributed by atoms with E-state index in [-0.39, 0.29) is 11.6 Å². The number of amides is 1. The van der Waals surface area contributed by atoms with Gasteiger partial charge >= 0.3 is 6.18 Å². The maximum atomic E-state index is 13.5. The molecule has 176 valence electrons. The Bertz CT molecular complexity index is 1240. The lowest BCUT2D eigenvalue weighted by atomic mass is 10.1. The number of alkyl halides is 3. The zero-order chi connectivity index (χ0) is 24.5. The molecule has 5 nitrogen and oxygen atoms in total. The number of carbonyl (C=O) groups is 1. The summed E-state index contributed by atoms with van der Waals surface area (Å²) in [5.74, 6) is 0.162. The van der Waals surface area contributed by atoms with Crippen molar-refractivity contribution in [1.82, 2.24) is 5.43 Å². The average molecular weight is 488 g/mol. The van der Waals surface area contributed by atoms with Crippen molar-refractivity contribution >= 4 is 34.6 Å². The summed E-state index contributed by atoms with van der Waals surface area (Å²) in [5, 5.41) is 4.45. The van der Waals surface area contributed by atoms with Gasteiger partial charge in [-0.25, -0.2) is 5.43 Å². The number of hydrazine groups is 1. The molecule has 0 radical (unpaired) electrons. The van der Waals surface area contributed by atoms with Crippen molar-refractivity contribution in [2.75, 3.05) is 17.4 Å². The number of halogens is 4. The van der Waals surface area contributed by atoms with Crippen molar-refractivity contribution in [2.45, 2.75) is 19.1 Å². The topological polar surface area (TPSA) is 53.6 Å². The predicted octanol–water partition coefficient (Wildman–Crippen LogP) is 6.21. The van der Waals surface area contributed by atoms with Crippen LogP contribution in [0.2, 0.25) is 5.02 Å². The van der Waals surface area contributed by atoms with Crippen molar-refractivity contribution in [1.29, 1.82) is 0 Å². The molecule has 0 fully saturated rings. The van der Waals surface area contributed by atoms with E-state index in [1.807, 2.05) is 19.1 Å². The second-order valence-corrected chi connectivity index (χ2v) is 8.08. The van der Waals surface area contributed by atoms with Crippen LogP contribution in [0.5, 0.6) is 5.75 Å². The Kier molecular flexibility index (Phi) is 6.54. The van der Waals surface area contributed by atoms with Crippen LogP contribution in [0.4, 0.5) is 24.5 Å². The van der Waals surface area contributed by atoms with Gasteiger partial charge in [-0.05, 0) is 54.5 Å². The van der Waals surface area contributed by atoms with E-state index in [9.17, 15) is 18.0 Å². The van der Waals surface area contributed by atoms with Gasteiger partial charge in [0.05, 0.1) is 29.2 Å².